The number of ether oxygens (including phenoxy) is 1. The number of carbonyl (C=O) groups excluding carboxylic acids is 4. The first-order valence-electron chi connectivity index (χ1n) is 15.5. The molecule has 4 amide bonds. The maximum atomic E-state index is 13.3. The highest BCUT2D eigenvalue weighted by Crippen LogP contribution is 2.55. The van der Waals surface area contributed by atoms with Crippen molar-refractivity contribution in [3.05, 3.63) is 29.3 Å². The lowest BCUT2D eigenvalue weighted by Gasteiger charge is -2.57. The fraction of sp³-hybridized carbons (Fsp3) is 0.677. The number of rotatable bonds is 9. The second kappa shape index (κ2) is 10.8. The molecule has 8 rings (SSSR count). The molecule has 7 aliphatic rings. The summed E-state index contributed by atoms with van der Waals surface area (Å²) in [7, 11) is 0. The van der Waals surface area contributed by atoms with E-state index in [1.54, 1.807) is 18.2 Å². The van der Waals surface area contributed by atoms with Crippen LogP contribution in [0.25, 0.3) is 0 Å². The molecule has 1 aromatic carbocycles. The van der Waals surface area contributed by atoms with Crippen molar-refractivity contribution in [3.63, 3.8) is 0 Å². The summed E-state index contributed by atoms with van der Waals surface area (Å²) >= 11 is 0. The van der Waals surface area contributed by atoms with Crippen LogP contribution < -0.4 is 15.4 Å². The van der Waals surface area contributed by atoms with Crippen LogP contribution in [0.3, 0.4) is 0 Å². The summed E-state index contributed by atoms with van der Waals surface area (Å²) < 4.78 is 6.04. The molecule has 3 heterocycles. The van der Waals surface area contributed by atoms with Crippen molar-refractivity contribution in [1.29, 1.82) is 0 Å². The van der Waals surface area contributed by atoms with Crippen molar-refractivity contribution in [1.82, 2.24) is 25.3 Å². The van der Waals surface area contributed by atoms with Gasteiger partial charge in [0, 0.05) is 57.8 Å². The van der Waals surface area contributed by atoms with Crippen molar-refractivity contribution >= 4 is 23.6 Å². The second-order valence-electron chi connectivity index (χ2n) is 13.3. The van der Waals surface area contributed by atoms with Crippen molar-refractivity contribution in [2.24, 2.45) is 17.8 Å². The van der Waals surface area contributed by atoms with Gasteiger partial charge in [-0.2, -0.15) is 0 Å². The Labute approximate surface area is 241 Å². The Morgan fingerprint density at radius 2 is 1.54 bits per heavy atom. The Hall–Kier alpha value is -2.82. The number of benzene rings is 1. The van der Waals surface area contributed by atoms with E-state index in [4.69, 9.17) is 4.74 Å². The standard InChI is InChI=1S/C31H41N5O5/c37-26-5-4-24(28(38)33-26)36-29(39)23-2-1-3-25(27(23)30(36)40)41-13-12-35-10-8-34(9-11-35)7-6-32-31-17-20-14-21(18-31)16-22(15-20)19-31/h1-3,20-22,24,32H,4-19H2,(H,33,37,38). The van der Waals surface area contributed by atoms with Gasteiger partial charge in [-0.1, -0.05) is 6.07 Å². The maximum absolute atomic E-state index is 13.3. The summed E-state index contributed by atoms with van der Waals surface area (Å²) in [6, 6.07) is 4.01. The van der Waals surface area contributed by atoms with Crippen molar-refractivity contribution < 1.29 is 23.9 Å². The van der Waals surface area contributed by atoms with E-state index < -0.39 is 23.8 Å². The number of hydrogen-bond acceptors (Lipinski definition) is 8. The molecule has 2 saturated heterocycles. The van der Waals surface area contributed by atoms with E-state index in [9.17, 15) is 19.2 Å². The first-order chi connectivity index (χ1) is 19.9. The number of nitrogens with zero attached hydrogens (tertiary/aromatic N) is 3. The lowest BCUT2D eigenvalue weighted by molar-refractivity contribution is -0.136. The van der Waals surface area contributed by atoms with E-state index in [1.165, 1.54) is 38.5 Å². The van der Waals surface area contributed by atoms with E-state index in [0.29, 0.717) is 17.9 Å². The second-order valence-corrected chi connectivity index (χ2v) is 13.3. The molecular weight excluding hydrogens is 522 g/mol. The summed E-state index contributed by atoms with van der Waals surface area (Å²) in [5.41, 5.74) is 0.877. The summed E-state index contributed by atoms with van der Waals surface area (Å²) in [4.78, 5) is 56.1. The van der Waals surface area contributed by atoms with Gasteiger partial charge in [-0.3, -0.25) is 39.2 Å². The number of imide groups is 2. The molecule has 4 aliphatic carbocycles. The van der Waals surface area contributed by atoms with E-state index in [2.05, 4.69) is 20.4 Å². The third-order valence-electron chi connectivity index (χ3n) is 10.5. The van der Waals surface area contributed by atoms with Crippen LogP contribution in [-0.2, 0) is 9.59 Å². The molecule has 10 nitrogen and oxygen atoms in total. The van der Waals surface area contributed by atoms with E-state index in [1.807, 2.05) is 0 Å². The Morgan fingerprint density at radius 3 is 2.20 bits per heavy atom. The molecule has 0 aromatic heterocycles. The average molecular weight is 564 g/mol. The zero-order chi connectivity index (χ0) is 28.1. The van der Waals surface area contributed by atoms with Gasteiger partial charge in [-0.25, -0.2) is 0 Å². The Balaban J connectivity index is 0.868. The minimum Gasteiger partial charge on any atom is -0.491 e. The average Bonchev–Trinajstić information content (AvgIpc) is 3.19. The third-order valence-corrected chi connectivity index (χ3v) is 10.5. The minimum atomic E-state index is -0.980. The molecule has 1 atom stereocenters. The quantitative estimate of drug-likeness (QED) is 0.437. The van der Waals surface area contributed by atoms with Crippen LogP contribution in [-0.4, -0.2) is 102 Å². The molecule has 4 bridgehead atoms. The van der Waals surface area contributed by atoms with Crippen LogP contribution in [0, 0.1) is 17.8 Å². The van der Waals surface area contributed by atoms with E-state index >= 15 is 0 Å². The highest BCUT2D eigenvalue weighted by atomic mass is 16.5. The number of nitrogens with one attached hydrogen (secondary N) is 2. The first kappa shape index (κ1) is 27.0. The zero-order valence-corrected chi connectivity index (χ0v) is 23.7. The fourth-order valence-corrected chi connectivity index (χ4v) is 8.93. The van der Waals surface area contributed by atoms with E-state index in [0.717, 1.165) is 68.5 Å². The maximum Gasteiger partial charge on any atom is 0.266 e. The monoisotopic (exact) mass is 563 g/mol. The molecule has 6 fully saturated rings. The van der Waals surface area contributed by atoms with Crippen LogP contribution >= 0.6 is 0 Å². The van der Waals surface area contributed by atoms with Crippen LogP contribution in [0.2, 0.25) is 0 Å². The number of piperidine rings is 1. The molecule has 3 aliphatic heterocycles. The third kappa shape index (κ3) is 5.19. The van der Waals surface area contributed by atoms with Crippen LogP contribution in [0.4, 0.5) is 0 Å². The topological polar surface area (TPSA) is 111 Å². The Morgan fingerprint density at radius 1 is 0.878 bits per heavy atom. The van der Waals surface area contributed by atoms with Gasteiger partial charge in [0.15, 0.2) is 0 Å². The van der Waals surface area contributed by atoms with Crippen molar-refractivity contribution in [3.8, 4) is 5.75 Å². The predicted molar refractivity (Wildman–Crippen MR) is 150 cm³/mol. The largest absolute Gasteiger partial charge is 0.491 e. The molecule has 2 N–H and O–H groups in total. The van der Waals surface area contributed by atoms with Gasteiger partial charge in [0.05, 0.1) is 11.1 Å². The number of amides is 4. The Kier molecular flexibility index (Phi) is 7.11. The molecular formula is C31H41N5O5. The molecule has 4 saturated carbocycles. The fourth-order valence-electron chi connectivity index (χ4n) is 8.93. The van der Waals surface area contributed by atoms with Gasteiger partial charge in [-0.05, 0) is 74.8 Å². The van der Waals surface area contributed by atoms with Gasteiger partial charge in [0.1, 0.15) is 18.4 Å². The first-order valence-corrected chi connectivity index (χ1v) is 15.5. The smallest absolute Gasteiger partial charge is 0.266 e. The molecule has 1 aromatic rings. The van der Waals surface area contributed by atoms with Gasteiger partial charge < -0.3 is 10.1 Å². The van der Waals surface area contributed by atoms with E-state index in [-0.39, 0.29) is 29.9 Å². The van der Waals surface area contributed by atoms with Crippen LogP contribution in [0.1, 0.15) is 72.1 Å². The normalized spacial score (nSPS) is 33.4. The van der Waals surface area contributed by atoms with Gasteiger partial charge in [0.2, 0.25) is 11.8 Å². The van der Waals surface area contributed by atoms with Crippen LogP contribution in [0.15, 0.2) is 18.2 Å². The molecule has 1 unspecified atom stereocenters. The summed E-state index contributed by atoms with van der Waals surface area (Å²) in [5.74, 6) is 1.23. The lowest BCUT2D eigenvalue weighted by atomic mass is 9.53. The van der Waals surface area contributed by atoms with Crippen molar-refractivity contribution in [2.45, 2.75) is 62.9 Å². The van der Waals surface area contributed by atoms with Gasteiger partial charge in [0.25, 0.3) is 11.8 Å². The molecule has 10 heteroatoms. The zero-order valence-electron chi connectivity index (χ0n) is 23.7. The van der Waals surface area contributed by atoms with Crippen molar-refractivity contribution in [2.75, 3.05) is 52.4 Å². The summed E-state index contributed by atoms with van der Waals surface area (Å²) in [6.45, 7) is 7.36. The molecule has 41 heavy (non-hydrogen) atoms. The predicted octanol–water partition coefficient (Wildman–Crippen LogP) is 1.64. The Bertz CT molecular complexity index is 1210. The SMILES string of the molecule is O=C1CCC(N2C(=O)c3cccc(OCCN4CCN(CCNC56CC7CC(CC(C7)C5)C6)CC4)c3C2=O)C(=O)N1. The lowest BCUT2D eigenvalue weighted by Crippen LogP contribution is -2.59. The van der Waals surface area contributed by atoms with Gasteiger partial charge >= 0.3 is 0 Å². The summed E-state index contributed by atoms with van der Waals surface area (Å²) in [6.07, 6.45) is 8.86. The highest BCUT2D eigenvalue weighted by Gasteiger charge is 2.50. The molecule has 0 spiro atoms. The van der Waals surface area contributed by atoms with Crippen LogP contribution in [0.5, 0.6) is 5.75 Å². The number of hydrogen-bond donors (Lipinski definition) is 2. The molecule has 220 valence electrons. The number of fused-ring (bicyclic) bond motifs is 1. The highest BCUT2D eigenvalue weighted by molar-refractivity contribution is 6.24. The molecule has 0 radical (unpaired) electrons. The minimum absolute atomic E-state index is 0.0962. The number of carbonyl (C=O) groups is 4. The number of piperazine rings is 1. The van der Waals surface area contributed by atoms with Gasteiger partial charge in [-0.15, -0.1) is 0 Å². The summed E-state index contributed by atoms with van der Waals surface area (Å²) in [5, 5.41) is 6.26.